The van der Waals surface area contributed by atoms with Gasteiger partial charge in [-0.2, -0.15) is 0 Å². The smallest absolute Gasteiger partial charge is 0.213 e. The predicted octanol–water partition coefficient (Wildman–Crippen LogP) is 2.16. The SMILES string of the molecule is NS(=O)(=O)Cc1ccccc1.c1ccccc1. The quantitative estimate of drug-likeness (QED) is 0.886. The summed E-state index contributed by atoms with van der Waals surface area (Å²) in [7, 11) is -3.38. The maximum atomic E-state index is 10.6. The monoisotopic (exact) mass is 249 g/mol. The normalized spacial score (nSPS) is 10.2. The molecular formula is C13H15NO2S. The van der Waals surface area contributed by atoms with E-state index in [1.165, 1.54) is 0 Å². The van der Waals surface area contributed by atoms with E-state index in [1.807, 2.05) is 42.5 Å². The Kier molecular flexibility index (Phi) is 5.39. The maximum absolute atomic E-state index is 10.6. The van der Waals surface area contributed by atoms with Crippen molar-refractivity contribution in [3.63, 3.8) is 0 Å². The second kappa shape index (κ2) is 6.83. The summed E-state index contributed by atoms with van der Waals surface area (Å²) >= 11 is 0. The summed E-state index contributed by atoms with van der Waals surface area (Å²) in [6.07, 6.45) is 0. The van der Waals surface area contributed by atoms with E-state index in [1.54, 1.807) is 24.3 Å². The third kappa shape index (κ3) is 7.27. The number of nitrogens with two attached hydrogens (primary N) is 1. The molecule has 2 aromatic carbocycles. The van der Waals surface area contributed by atoms with Crippen LogP contribution >= 0.6 is 0 Å². The van der Waals surface area contributed by atoms with Crippen LogP contribution in [0.2, 0.25) is 0 Å². The number of sulfonamides is 1. The van der Waals surface area contributed by atoms with E-state index in [0.717, 1.165) is 5.56 Å². The molecule has 0 aliphatic heterocycles. The van der Waals surface area contributed by atoms with Crippen LogP contribution in [0, 0.1) is 0 Å². The van der Waals surface area contributed by atoms with Crippen molar-refractivity contribution in [3.8, 4) is 0 Å². The Labute approximate surface area is 102 Å². The molecule has 4 heteroatoms. The lowest BCUT2D eigenvalue weighted by atomic mass is 10.2. The highest BCUT2D eigenvalue weighted by Gasteiger charge is 2.02. The second-order valence-corrected chi connectivity index (χ2v) is 5.06. The number of benzene rings is 2. The first-order valence-electron chi connectivity index (χ1n) is 5.12. The van der Waals surface area contributed by atoms with Crippen molar-refractivity contribution in [2.45, 2.75) is 5.75 Å². The van der Waals surface area contributed by atoms with Crippen molar-refractivity contribution in [1.29, 1.82) is 0 Å². The van der Waals surface area contributed by atoms with Crippen molar-refractivity contribution < 1.29 is 8.42 Å². The Hall–Kier alpha value is -1.65. The van der Waals surface area contributed by atoms with E-state index < -0.39 is 10.0 Å². The summed E-state index contributed by atoms with van der Waals surface area (Å²) in [6.45, 7) is 0. The van der Waals surface area contributed by atoms with Gasteiger partial charge in [0.1, 0.15) is 0 Å². The molecule has 0 radical (unpaired) electrons. The minimum atomic E-state index is -3.38. The molecule has 0 fully saturated rings. The molecule has 2 N–H and O–H groups in total. The Balaban J connectivity index is 0.000000202. The van der Waals surface area contributed by atoms with Crippen molar-refractivity contribution in [2.24, 2.45) is 5.14 Å². The van der Waals surface area contributed by atoms with Gasteiger partial charge in [0.05, 0.1) is 5.75 Å². The van der Waals surface area contributed by atoms with E-state index in [-0.39, 0.29) is 5.75 Å². The van der Waals surface area contributed by atoms with E-state index >= 15 is 0 Å². The first-order valence-corrected chi connectivity index (χ1v) is 6.84. The largest absolute Gasteiger partial charge is 0.228 e. The van der Waals surface area contributed by atoms with Crippen LogP contribution in [-0.4, -0.2) is 8.42 Å². The van der Waals surface area contributed by atoms with E-state index in [9.17, 15) is 8.42 Å². The lowest BCUT2D eigenvalue weighted by Gasteiger charge is -1.96. The van der Waals surface area contributed by atoms with Gasteiger partial charge in [-0.25, -0.2) is 13.6 Å². The summed E-state index contributed by atoms with van der Waals surface area (Å²) in [5.74, 6) is -0.0894. The van der Waals surface area contributed by atoms with E-state index in [2.05, 4.69) is 0 Å². The molecule has 90 valence electrons. The maximum Gasteiger partial charge on any atom is 0.213 e. The fourth-order valence-electron chi connectivity index (χ4n) is 1.19. The van der Waals surface area contributed by atoms with Crippen LogP contribution in [0.1, 0.15) is 5.56 Å². The molecule has 0 heterocycles. The summed E-state index contributed by atoms with van der Waals surface area (Å²) in [6, 6.07) is 20.8. The fraction of sp³-hybridized carbons (Fsp3) is 0.0769. The summed E-state index contributed by atoms with van der Waals surface area (Å²) in [5.41, 5.74) is 0.718. The average Bonchev–Trinajstić information content (AvgIpc) is 2.31. The fourth-order valence-corrected chi connectivity index (χ4v) is 1.85. The van der Waals surface area contributed by atoms with Gasteiger partial charge < -0.3 is 0 Å². The average molecular weight is 249 g/mol. The van der Waals surface area contributed by atoms with Crippen LogP contribution in [0.25, 0.3) is 0 Å². The van der Waals surface area contributed by atoms with Gasteiger partial charge in [-0.15, -0.1) is 0 Å². The van der Waals surface area contributed by atoms with Crippen molar-refractivity contribution in [1.82, 2.24) is 0 Å². The first kappa shape index (κ1) is 13.4. The topological polar surface area (TPSA) is 60.2 Å². The van der Waals surface area contributed by atoms with Crippen LogP contribution in [-0.2, 0) is 15.8 Å². The number of primary sulfonamides is 1. The lowest BCUT2D eigenvalue weighted by Crippen LogP contribution is -2.14. The van der Waals surface area contributed by atoms with Crippen LogP contribution in [0.15, 0.2) is 66.7 Å². The van der Waals surface area contributed by atoms with Gasteiger partial charge in [0.15, 0.2) is 0 Å². The van der Waals surface area contributed by atoms with Crippen LogP contribution < -0.4 is 5.14 Å². The predicted molar refractivity (Wildman–Crippen MR) is 69.7 cm³/mol. The van der Waals surface area contributed by atoms with Gasteiger partial charge >= 0.3 is 0 Å². The molecule has 0 aliphatic rings. The van der Waals surface area contributed by atoms with Gasteiger partial charge in [0.2, 0.25) is 10.0 Å². The van der Waals surface area contributed by atoms with Crippen molar-refractivity contribution in [2.75, 3.05) is 0 Å². The van der Waals surface area contributed by atoms with Crippen LogP contribution in [0.4, 0.5) is 0 Å². The molecule has 0 saturated carbocycles. The van der Waals surface area contributed by atoms with Crippen molar-refractivity contribution >= 4 is 10.0 Å². The van der Waals surface area contributed by atoms with Gasteiger partial charge in [-0.3, -0.25) is 0 Å². The molecule has 0 saturated heterocycles. The Morgan fingerprint density at radius 3 is 1.47 bits per heavy atom. The molecule has 0 aromatic heterocycles. The highest BCUT2D eigenvalue weighted by Crippen LogP contribution is 2.01. The zero-order chi connectivity index (χ0) is 12.6. The summed E-state index contributed by atoms with van der Waals surface area (Å²) in [4.78, 5) is 0. The molecule has 2 rings (SSSR count). The summed E-state index contributed by atoms with van der Waals surface area (Å²) in [5, 5.41) is 4.84. The van der Waals surface area contributed by atoms with Gasteiger partial charge in [0, 0.05) is 0 Å². The molecule has 17 heavy (non-hydrogen) atoms. The van der Waals surface area contributed by atoms with E-state index in [4.69, 9.17) is 5.14 Å². The molecule has 0 amide bonds. The van der Waals surface area contributed by atoms with Gasteiger partial charge in [-0.05, 0) is 5.56 Å². The highest BCUT2D eigenvalue weighted by atomic mass is 32.2. The van der Waals surface area contributed by atoms with Crippen LogP contribution in [0.5, 0.6) is 0 Å². The minimum Gasteiger partial charge on any atom is -0.228 e. The molecule has 0 spiro atoms. The minimum absolute atomic E-state index is 0.0894. The molecule has 0 aliphatic carbocycles. The zero-order valence-corrected chi connectivity index (χ0v) is 10.2. The molecule has 0 atom stereocenters. The standard InChI is InChI=1S/C7H9NO2S.C6H6/c8-11(9,10)6-7-4-2-1-3-5-7;1-2-4-6-5-3-1/h1-5H,6H2,(H2,8,9,10);1-6H. The Morgan fingerprint density at radius 2 is 1.12 bits per heavy atom. The highest BCUT2D eigenvalue weighted by molar-refractivity contribution is 7.88. The molecule has 3 nitrogen and oxygen atoms in total. The summed E-state index contributed by atoms with van der Waals surface area (Å²) < 4.78 is 21.2. The van der Waals surface area contributed by atoms with Gasteiger partial charge in [-0.1, -0.05) is 66.7 Å². The van der Waals surface area contributed by atoms with E-state index in [0.29, 0.717) is 0 Å². The van der Waals surface area contributed by atoms with Crippen molar-refractivity contribution in [3.05, 3.63) is 72.3 Å². The Bertz CT molecular complexity index is 483. The lowest BCUT2D eigenvalue weighted by molar-refractivity contribution is 0.597. The second-order valence-electron chi connectivity index (χ2n) is 3.45. The van der Waals surface area contributed by atoms with Crippen LogP contribution in [0.3, 0.4) is 0 Å². The number of hydrogen-bond acceptors (Lipinski definition) is 2. The molecule has 2 aromatic rings. The molecule has 0 unspecified atom stereocenters. The van der Waals surface area contributed by atoms with Gasteiger partial charge in [0.25, 0.3) is 0 Å². The number of hydrogen-bond donors (Lipinski definition) is 1. The third-order valence-corrected chi connectivity index (χ3v) is 2.61. The molecule has 0 bridgehead atoms. The zero-order valence-electron chi connectivity index (χ0n) is 9.36. The molecular weight excluding hydrogens is 234 g/mol. The number of rotatable bonds is 2. The Morgan fingerprint density at radius 1 is 0.765 bits per heavy atom. The third-order valence-electron chi connectivity index (χ3n) is 1.88. The first-order chi connectivity index (χ1) is 8.08.